The molecule has 126 valence electrons. The molecule has 1 heterocycles. The lowest BCUT2D eigenvalue weighted by Gasteiger charge is -2.09. The molecule has 0 bridgehead atoms. The molecule has 1 aromatic heterocycles. The fraction of sp³-hybridized carbons (Fsp3) is 0.190. The molecule has 2 aromatic rings. The maximum Gasteiger partial charge on any atom is 0.255 e. The zero-order valence-corrected chi connectivity index (χ0v) is 14.2. The summed E-state index contributed by atoms with van der Waals surface area (Å²) in [7, 11) is 0. The zero-order valence-electron chi connectivity index (χ0n) is 14.2. The lowest BCUT2D eigenvalue weighted by Crippen LogP contribution is -2.24. The van der Waals surface area contributed by atoms with Gasteiger partial charge in [-0.2, -0.15) is 0 Å². The predicted octanol–water partition coefficient (Wildman–Crippen LogP) is 4.06. The van der Waals surface area contributed by atoms with Crippen molar-refractivity contribution in [3.63, 3.8) is 0 Å². The molecular formula is C21H21N3O. The van der Waals surface area contributed by atoms with Gasteiger partial charge >= 0.3 is 0 Å². The van der Waals surface area contributed by atoms with Crippen LogP contribution < -0.4 is 10.6 Å². The summed E-state index contributed by atoms with van der Waals surface area (Å²) < 4.78 is 0. The number of benzene rings is 1. The number of carbonyl (C=O) groups excluding carboxylic acids is 1. The fourth-order valence-electron chi connectivity index (χ4n) is 3.17. The summed E-state index contributed by atoms with van der Waals surface area (Å²) >= 11 is 0. The van der Waals surface area contributed by atoms with E-state index in [-0.39, 0.29) is 5.91 Å². The molecule has 2 aliphatic carbocycles. The number of aromatic amines is 1. The van der Waals surface area contributed by atoms with Crippen molar-refractivity contribution in [3.05, 3.63) is 71.1 Å². The van der Waals surface area contributed by atoms with Crippen molar-refractivity contribution >= 4 is 28.6 Å². The number of carbonyl (C=O) groups is 1. The Kier molecular flexibility index (Phi) is 4.02. The van der Waals surface area contributed by atoms with Crippen LogP contribution in [0.2, 0.25) is 0 Å². The minimum absolute atomic E-state index is 0.0808. The van der Waals surface area contributed by atoms with Gasteiger partial charge in [0.1, 0.15) is 0 Å². The van der Waals surface area contributed by atoms with Crippen LogP contribution >= 0.6 is 0 Å². The second-order valence-electron chi connectivity index (χ2n) is 6.31. The van der Waals surface area contributed by atoms with Crippen LogP contribution in [0.1, 0.15) is 24.6 Å². The van der Waals surface area contributed by atoms with Crippen molar-refractivity contribution in [2.45, 2.75) is 19.8 Å². The monoisotopic (exact) mass is 331 g/mol. The van der Waals surface area contributed by atoms with E-state index in [9.17, 15) is 4.79 Å². The van der Waals surface area contributed by atoms with Gasteiger partial charge in [-0.15, -0.1) is 0 Å². The smallest absolute Gasteiger partial charge is 0.255 e. The Hall–Kier alpha value is -3.01. The zero-order chi connectivity index (χ0) is 17.2. The van der Waals surface area contributed by atoms with E-state index in [2.05, 4.69) is 46.8 Å². The van der Waals surface area contributed by atoms with Crippen LogP contribution in [0.5, 0.6) is 0 Å². The van der Waals surface area contributed by atoms with Gasteiger partial charge in [-0.25, -0.2) is 0 Å². The number of aromatic nitrogens is 1. The summed E-state index contributed by atoms with van der Waals surface area (Å²) in [5.41, 5.74) is 5.98. The molecule has 0 atom stereocenters. The maximum absolute atomic E-state index is 12.5. The van der Waals surface area contributed by atoms with Gasteiger partial charge in [0, 0.05) is 28.9 Å². The van der Waals surface area contributed by atoms with Gasteiger partial charge in [-0.3, -0.25) is 4.79 Å². The molecule has 0 radical (unpaired) electrons. The normalized spacial score (nSPS) is 15.1. The second kappa shape index (κ2) is 6.48. The van der Waals surface area contributed by atoms with E-state index in [1.807, 2.05) is 30.4 Å². The van der Waals surface area contributed by atoms with Crippen molar-refractivity contribution < 1.29 is 4.79 Å². The number of para-hydroxylation sites is 1. The van der Waals surface area contributed by atoms with Gasteiger partial charge < -0.3 is 15.6 Å². The molecule has 0 unspecified atom stereocenters. The predicted molar refractivity (Wildman–Crippen MR) is 103 cm³/mol. The number of allylic oxidation sites excluding steroid dienone is 4. The van der Waals surface area contributed by atoms with Gasteiger partial charge in [0.15, 0.2) is 0 Å². The highest BCUT2D eigenvalue weighted by Crippen LogP contribution is 2.31. The van der Waals surface area contributed by atoms with Gasteiger partial charge in [0.25, 0.3) is 5.91 Å². The topological polar surface area (TPSA) is 56.9 Å². The number of H-pyrrole nitrogens is 1. The van der Waals surface area contributed by atoms with Gasteiger partial charge in [0.05, 0.1) is 11.2 Å². The largest absolute Gasteiger partial charge is 0.383 e. The molecule has 1 amide bonds. The molecule has 4 rings (SSSR count). The van der Waals surface area contributed by atoms with Crippen LogP contribution in [0.15, 0.2) is 59.8 Å². The molecule has 0 aliphatic heterocycles. The van der Waals surface area contributed by atoms with Crippen molar-refractivity contribution in [1.82, 2.24) is 10.3 Å². The Morgan fingerprint density at radius 1 is 1.28 bits per heavy atom. The van der Waals surface area contributed by atoms with Crippen LogP contribution in [-0.4, -0.2) is 17.4 Å². The van der Waals surface area contributed by atoms with E-state index in [1.165, 1.54) is 10.9 Å². The second-order valence-corrected chi connectivity index (χ2v) is 6.31. The molecule has 1 aromatic carbocycles. The van der Waals surface area contributed by atoms with Crippen molar-refractivity contribution in [2.75, 3.05) is 11.9 Å². The summed E-state index contributed by atoms with van der Waals surface area (Å²) in [6.45, 7) is 3.09. The Bertz CT molecular complexity index is 957. The molecule has 0 saturated carbocycles. The Balaban J connectivity index is 1.71. The average molecular weight is 331 g/mol. The molecule has 4 nitrogen and oxygen atoms in total. The van der Waals surface area contributed by atoms with Crippen LogP contribution in [0, 0.1) is 0 Å². The molecule has 4 heteroatoms. The average Bonchev–Trinajstić information content (AvgIpc) is 2.79. The SMILES string of the molecule is CCCNc1cccc2c3c([nH]c12)C=C(C(=O)NC1=CC=C1)C=CC3. The van der Waals surface area contributed by atoms with E-state index in [0.717, 1.165) is 42.0 Å². The molecule has 0 saturated heterocycles. The number of fused-ring (bicyclic) bond motifs is 3. The number of anilines is 1. The molecule has 3 N–H and O–H groups in total. The third kappa shape index (κ3) is 2.91. The molecule has 2 aliphatic rings. The molecule has 0 spiro atoms. The number of amides is 1. The van der Waals surface area contributed by atoms with Crippen molar-refractivity contribution in [3.8, 4) is 0 Å². The van der Waals surface area contributed by atoms with Crippen LogP contribution in [0.4, 0.5) is 5.69 Å². The van der Waals surface area contributed by atoms with Crippen LogP contribution in [0.3, 0.4) is 0 Å². The number of hydrogen-bond acceptors (Lipinski definition) is 2. The maximum atomic E-state index is 12.5. The minimum atomic E-state index is -0.0808. The summed E-state index contributed by atoms with van der Waals surface area (Å²) in [6.07, 6.45) is 13.5. The molecule has 25 heavy (non-hydrogen) atoms. The standard InChI is InChI=1S/C21H21N3O/c1-2-12-22-18-11-5-10-17-16-9-3-6-14(13-19(16)24-20(17)18)21(25)23-15-7-4-8-15/h3-8,10-11,13,22,24H,2,9,12H2,1H3,(H,23,25). The van der Waals surface area contributed by atoms with E-state index >= 15 is 0 Å². The number of rotatable bonds is 5. The highest BCUT2D eigenvalue weighted by molar-refractivity contribution is 6.04. The highest BCUT2D eigenvalue weighted by Gasteiger charge is 2.17. The van der Waals surface area contributed by atoms with Crippen LogP contribution in [0.25, 0.3) is 17.0 Å². The third-order valence-electron chi connectivity index (χ3n) is 4.53. The molecule has 0 fully saturated rings. The first-order valence-corrected chi connectivity index (χ1v) is 8.71. The Morgan fingerprint density at radius 2 is 2.16 bits per heavy atom. The Morgan fingerprint density at radius 3 is 2.92 bits per heavy atom. The number of nitrogens with one attached hydrogen (secondary N) is 3. The highest BCUT2D eigenvalue weighted by atomic mass is 16.1. The summed E-state index contributed by atoms with van der Waals surface area (Å²) in [6, 6.07) is 6.31. The summed E-state index contributed by atoms with van der Waals surface area (Å²) in [5.74, 6) is -0.0808. The molecular weight excluding hydrogens is 310 g/mol. The van der Waals surface area contributed by atoms with Gasteiger partial charge in [-0.05, 0) is 42.7 Å². The van der Waals surface area contributed by atoms with Crippen LogP contribution in [-0.2, 0) is 11.2 Å². The van der Waals surface area contributed by atoms with Crippen molar-refractivity contribution in [2.24, 2.45) is 0 Å². The first-order chi connectivity index (χ1) is 12.3. The van der Waals surface area contributed by atoms with E-state index in [1.54, 1.807) is 0 Å². The van der Waals surface area contributed by atoms with Crippen molar-refractivity contribution in [1.29, 1.82) is 0 Å². The van der Waals surface area contributed by atoms with Gasteiger partial charge in [0.2, 0.25) is 0 Å². The van der Waals surface area contributed by atoms with E-state index < -0.39 is 0 Å². The number of hydrogen-bond donors (Lipinski definition) is 3. The summed E-state index contributed by atoms with van der Waals surface area (Å²) in [5, 5.41) is 7.59. The lowest BCUT2D eigenvalue weighted by molar-refractivity contribution is -0.116. The first-order valence-electron chi connectivity index (χ1n) is 8.71. The van der Waals surface area contributed by atoms with E-state index in [4.69, 9.17) is 0 Å². The lowest BCUT2D eigenvalue weighted by atomic mass is 10.1. The quantitative estimate of drug-likeness (QED) is 0.774. The van der Waals surface area contributed by atoms with E-state index in [0.29, 0.717) is 5.57 Å². The van der Waals surface area contributed by atoms with Gasteiger partial charge in [-0.1, -0.05) is 37.3 Å². The Labute approximate surface area is 147 Å². The first kappa shape index (κ1) is 15.5. The summed E-state index contributed by atoms with van der Waals surface area (Å²) in [4.78, 5) is 16.0. The minimum Gasteiger partial charge on any atom is -0.383 e. The fourth-order valence-corrected chi connectivity index (χ4v) is 3.17. The third-order valence-corrected chi connectivity index (χ3v) is 4.53.